The maximum atomic E-state index is 13.0. The Morgan fingerprint density at radius 3 is 2.63 bits per heavy atom. The van der Waals surface area contributed by atoms with Gasteiger partial charge in [0, 0.05) is 13.1 Å². The molecule has 2 nitrogen and oxygen atoms in total. The predicted molar refractivity (Wildman–Crippen MR) is 72.9 cm³/mol. The first kappa shape index (κ1) is 14.4. The summed E-state index contributed by atoms with van der Waals surface area (Å²) in [6, 6.07) is 4.06. The van der Waals surface area contributed by atoms with Crippen LogP contribution in [0.15, 0.2) is 18.2 Å². The molecule has 0 radical (unpaired) electrons. The zero-order valence-electron chi connectivity index (χ0n) is 11.5. The molecule has 0 amide bonds. The van der Waals surface area contributed by atoms with E-state index in [-0.39, 0.29) is 0 Å². The molecule has 1 atom stereocenters. The van der Waals surface area contributed by atoms with Crippen LogP contribution in [0, 0.1) is 17.6 Å². The molecule has 19 heavy (non-hydrogen) atoms. The van der Waals surface area contributed by atoms with Crippen LogP contribution in [0.2, 0.25) is 0 Å². The van der Waals surface area contributed by atoms with E-state index in [1.54, 1.807) is 6.07 Å². The summed E-state index contributed by atoms with van der Waals surface area (Å²) >= 11 is 0. The Bertz CT molecular complexity index is 403. The normalized spacial score (nSPS) is 17.8. The van der Waals surface area contributed by atoms with E-state index >= 15 is 0 Å². The Morgan fingerprint density at radius 2 is 1.95 bits per heavy atom. The van der Waals surface area contributed by atoms with Crippen molar-refractivity contribution in [3.63, 3.8) is 0 Å². The molecule has 1 aliphatic heterocycles. The Balaban J connectivity index is 1.68. The molecule has 1 saturated heterocycles. The highest BCUT2D eigenvalue weighted by Crippen LogP contribution is 2.11. The van der Waals surface area contributed by atoms with Crippen LogP contribution in [-0.4, -0.2) is 31.1 Å². The lowest BCUT2D eigenvalue weighted by Crippen LogP contribution is -2.31. The fourth-order valence-corrected chi connectivity index (χ4v) is 2.58. The molecule has 0 bridgehead atoms. The first-order chi connectivity index (χ1) is 9.15. The topological polar surface area (TPSA) is 15.3 Å². The molecule has 1 aliphatic rings. The van der Waals surface area contributed by atoms with Crippen molar-refractivity contribution >= 4 is 0 Å². The van der Waals surface area contributed by atoms with Gasteiger partial charge in [0.15, 0.2) is 11.6 Å². The molecule has 0 saturated carbocycles. The maximum absolute atomic E-state index is 13.0. The van der Waals surface area contributed by atoms with Gasteiger partial charge < -0.3 is 10.2 Å². The van der Waals surface area contributed by atoms with Gasteiger partial charge in [0.1, 0.15) is 0 Å². The summed E-state index contributed by atoms with van der Waals surface area (Å²) in [4.78, 5) is 2.49. The summed E-state index contributed by atoms with van der Waals surface area (Å²) in [7, 11) is 0. The van der Waals surface area contributed by atoms with Crippen LogP contribution in [0.1, 0.15) is 25.3 Å². The van der Waals surface area contributed by atoms with Crippen LogP contribution in [0.25, 0.3) is 0 Å². The van der Waals surface area contributed by atoms with Gasteiger partial charge in [0.2, 0.25) is 0 Å². The molecule has 106 valence electrons. The zero-order chi connectivity index (χ0) is 13.7. The van der Waals surface area contributed by atoms with Gasteiger partial charge in [-0.05, 0) is 56.1 Å². The van der Waals surface area contributed by atoms with Gasteiger partial charge in [-0.3, -0.25) is 0 Å². The third-order valence-corrected chi connectivity index (χ3v) is 3.57. The van der Waals surface area contributed by atoms with Gasteiger partial charge in [-0.25, -0.2) is 8.78 Å². The Hall–Kier alpha value is -1.00. The summed E-state index contributed by atoms with van der Waals surface area (Å²) in [5, 5.41) is 3.31. The summed E-state index contributed by atoms with van der Waals surface area (Å²) in [6.45, 7) is 7.25. The van der Waals surface area contributed by atoms with Crippen LogP contribution in [0.4, 0.5) is 8.78 Å². The minimum Gasteiger partial charge on any atom is -0.312 e. The second-order valence-corrected chi connectivity index (χ2v) is 5.49. The van der Waals surface area contributed by atoms with Crippen LogP contribution in [-0.2, 0) is 6.54 Å². The van der Waals surface area contributed by atoms with Crippen molar-refractivity contribution in [1.82, 2.24) is 10.2 Å². The van der Waals surface area contributed by atoms with Crippen molar-refractivity contribution in [2.75, 3.05) is 26.2 Å². The van der Waals surface area contributed by atoms with Gasteiger partial charge in [-0.1, -0.05) is 13.0 Å². The number of likely N-dealkylation sites (tertiary alicyclic amines) is 1. The second-order valence-electron chi connectivity index (χ2n) is 5.49. The predicted octanol–water partition coefficient (Wildman–Crippen LogP) is 2.79. The first-order valence-corrected chi connectivity index (χ1v) is 7.02. The molecule has 0 aliphatic carbocycles. The van der Waals surface area contributed by atoms with E-state index in [0.717, 1.165) is 18.7 Å². The molecular formula is C15H22F2N2. The lowest BCUT2D eigenvalue weighted by molar-refractivity contribution is 0.282. The van der Waals surface area contributed by atoms with Crippen LogP contribution in [0.5, 0.6) is 0 Å². The molecule has 0 aromatic heterocycles. The fourth-order valence-electron chi connectivity index (χ4n) is 2.58. The minimum absolute atomic E-state index is 0.573. The van der Waals surface area contributed by atoms with Crippen molar-refractivity contribution in [1.29, 1.82) is 0 Å². The maximum Gasteiger partial charge on any atom is 0.159 e. The quantitative estimate of drug-likeness (QED) is 0.853. The number of rotatable bonds is 6. The summed E-state index contributed by atoms with van der Waals surface area (Å²) in [5.74, 6) is -0.987. The molecule has 2 rings (SSSR count). The van der Waals surface area contributed by atoms with Gasteiger partial charge in [-0.15, -0.1) is 0 Å². The third-order valence-electron chi connectivity index (χ3n) is 3.57. The van der Waals surface area contributed by atoms with E-state index < -0.39 is 11.6 Å². The van der Waals surface area contributed by atoms with Gasteiger partial charge >= 0.3 is 0 Å². The van der Waals surface area contributed by atoms with Gasteiger partial charge in [0.25, 0.3) is 0 Å². The van der Waals surface area contributed by atoms with Crippen molar-refractivity contribution < 1.29 is 8.78 Å². The minimum atomic E-state index is -0.786. The number of hydrogen-bond acceptors (Lipinski definition) is 2. The SMILES string of the molecule is CC(CNCc1ccc(F)c(F)c1)CN1CCCC1. The highest BCUT2D eigenvalue weighted by molar-refractivity contribution is 5.17. The molecule has 1 N–H and O–H groups in total. The van der Waals surface area contributed by atoms with Gasteiger partial charge in [0.05, 0.1) is 0 Å². The van der Waals surface area contributed by atoms with Crippen LogP contribution in [0.3, 0.4) is 0 Å². The molecule has 1 unspecified atom stereocenters. The summed E-state index contributed by atoms with van der Waals surface area (Å²) in [6.07, 6.45) is 2.63. The number of nitrogens with zero attached hydrogens (tertiary/aromatic N) is 1. The van der Waals surface area contributed by atoms with Crippen molar-refractivity contribution in [3.8, 4) is 0 Å². The van der Waals surface area contributed by atoms with Gasteiger partial charge in [-0.2, -0.15) is 0 Å². The lowest BCUT2D eigenvalue weighted by Gasteiger charge is -2.20. The number of nitrogens with one attached hydrogen (secondary N) is 1. The average Bonchev–Trinajstić information content (AvgIpc) is 2.86. The van der Waals surface area contributed by atoms with Crippen molar-refractivity contribution in [2.24, 2.45) is 5.92 Å². The Kier molecular flexibility index (Phi) is 5.28. The zero-order valence-corrected chi connectivity index (χ0v) is 11.5. The van der Waals surface area contributed by atoms with Crippen LogP contribution >= 0.6 is 0 Å². The second kappa shape index (κ2) is 6.96. The third kappa shape index (κ3) is 4.55. The van der Waals surface area contributed by atoms with E-state index in [1.165, 1.54) is 38.1 Å². The number of hydrogen-bond donors (Lipinski definition) is 1. The Morgan fingerprint density at radius 1 is 1.21 bits per heavy atom. The molecule has 0 spiro atoms. The molecule has 4 heteroatoms. The first-order valence-electron chi connectivity index (χ1n) is 7.02. The fraction of sp³-hybridized carbons (Fsp3) is 0.600. The summed E-state index contributed by atoms with van der Waals surface area (Å²) < 4.78 is 25.8. The smallest absolute Gasteiger partial charge is 0.159 e. The van der Waals surface area contributed by atoms with Crippen molar-refractivity contribution in [2.45, 2.75) is 26.3 Å². The molecule has 1 fully saturated rings. The monoisotopic (exact) mass is 268 g/mol. The molecular weight excluding hydrogens is 246 g/mol. The largest absolute Gasteiger partial charge is 0.312 e. The highest BCUT2D eigenvalue weighted by atomic mass is 19.2. The Labute approximate surface area is 113 Å². The van der Waals surface area contributed by atoms with E-state index in [1.807, 2.05) is 0 Å². The van der Waals surface area contributed by atoms with Crippen LogP contribution < -0.4 is 5.32 Å². The van der Waals surface area contributed by atoms with E-state index in [9.17, 15) is 8.78 Å². The molecule has 1 aromatic rings. The summed E-state index contributed by atoms with van der Waals surface area (Å²) in [5.41, 5.74) is 0.785. The van der Waals surface area contributed by atoms with E-state index in [4.69, 9.17) is 0 Å². The van der Waals surface area contributed by atoms with E-state index in [2.05, 4.69) is 17.1 Å². The molecule has 1 heterocycles. The highest BCUT2D eigenvalue weighted by Gasteiger charge is 2.14. The van der Waals surface area contributed by atoms with Crippen molar-refractivity contribution in [3.05, 3.63) is 35.4 Å². The number of halogens is 2. The molecule has 1 aromatic carbocycles. The lowest BCUT2D eigenvalue weighted by atomic mass is 10.1. The number of benzene rings is 1. The average molecular weight is 268 g/mol. The van der Waals surface area contributed by atoms with E-state index in [0.29, 0.717) is 12.5 Å². The standard InChI is InChI=1S/C15H22F2N2/c1-12(11-19-6-2-3-7-19)9-18-10-13-4-5-14(16)15(17)8-13/h4-5,8,12,18H,2-3,6-7,9-11H2,1H3.